The Labute approximate surface area is 104 Å². The fourth-order valence-electron chi connectivity index (χ4n) is 1.79. The van der Waals surface area contributed by atoms with Gasteiger partial charge in [-0.05, 0) is 24.3 Å². The third-order valence-electron chi connectivity index (χ3n) is 2.60. The molecule has 1 aliphatic heterocycles. The van der Waals surface area contributed by atoms with Crippen LogP contribution in [0.4, 0.5) is 10.5 Å². The number of hydrogen-bond donors (Lipinski definition) is 1. The van der Waals surface area contributed by atoms with Crippen LogP contribution < -0.4 is 10.6 Å². The molecule has 0 saturated carbocycles. The summed E-state index contributed by atoms with van der Waals surface area (Å²) in [6.45, 7) is 0.305. The van der Waals surface area contributed by atoms with E-state index in [1.54, 1.807) is 0 Å². The fourth-order valence-corrected chi connectivity index (χ4v) is 2.05. The molecule has 7 heteroatoms. The average molecular weight is 295 g/mol. The monoisotopic (exact) mass is 294 g/mol. The summed E-state index contributed by atoms with van der Waals surface area (Å²) in [6.07, 6.45) is 0. The summed E-state index contributed by atoms with van der Waals surface area (Å²) in [7, 11) is 0. The van der Waals surface area contributed by atoms with E-state index in [9.17, 15) is 9.59 Å². The van der Waals surface area contributed by atoms with Gasteiger partial charge in [-0.25, -0.2) is 14.7 Å². The number of rotatable bonds is 1. The van der Waals surface area contributed by atoms with Crippen LogP contribution in [-0.2, 0) is 6.54 Å². The van der Waals surface area contributed by atoms with E-state index in [4.69, 9.17) is 0 Å². The number of aromatic amines is 1. The Morgan fingerprint density at radius 2 is 1.94 bits per heavy atom. The third-order valence-corrected chi connectivity index (χ3v) is 3.13. The minimum atomic E-state index is -0.496. The quantitative estimate of drug-likeness (QED) is 0.862. The van der Waals surface area contributed by atoms with Gasteiger partial charge in [0.2, 0.25) is 0 Å². The van der Waals surface area contributed by atoms with Crippen molar-refractivity contribution in [3.05, 3.63) is 45.0 Å². The van der Waals surface area contributed by atoms with Crippen molar-refractivity contribution in [3.63, 3.8) is 0 Å². The Kier molecular flexibility index (Phi) is 2.15. The van der Waals surface area contributed by atoms with Crippen molar-refractivity contribution in [1.29, 1.82) is 0 Å². The summed E-state index contributed by atoms with van der Waals surface area (Å²) >= 11 is 3.33. The zero-order chi connectivity index (χ0) is 12.0. The molecule has 1 amide bonds. The summed E-state index contributed by atoms with van der Waals surface area (Å²) < 4.78 is 1.98. The van der Waals surface area contributed by atoms with E-state index in [2.05, 4.69) is 26.1 Å². The molecule has 0 saturated heterocycles. The first-order valence-electron chi connectivity index (χ1n) is 4.90. The average Bonchev–Trinajstić information content (AvgIpc) is 2.83. The molecule has 17 heavy (non-hydrogen) atoms. The van der Waals surface area contributed by atoms with Gasteiger partial charge >= 0.3 is 11.7 Å². The number of aromatic nitrogens is 3. The van der Waals surface area contributed by atoms with Crippen molar-refractivity contribution in [3.8, 4) is 0 Å². The number of hydrogen-bond acceptors (Lipinski definition) is 3. The first kappa shape index (κ1) is 10.3. The summed E-state index contributed by atoms with van der Waals surface area (Å²) in [5.41, 5.74) is 0.243. The Morgan fingerprint density at radius 1 is 1.24 bits per heavy atom. The van der Waals surface area contributed by atoms with E-state index in [1.807, 2.05) is 24.3 Å². The van der Waals surface area contributed by atoms with E-state index >= 15 is 0 Å². The van der Waals surface area contributed by atoms with Crippen LogP contribution in [0.25, 0.3) is 0 Å². The molecule has 1 aromatic carbocycles. The van der Waals surface area contributed by atoms with Crippen LogP contribution in [0.3, 0.4) is 0 Å². The lowest BCUT2D eigenvalue weighted by Crippen LogP contribution is -2.31. The van der Waals surface area contributed by atoms with Gasteiger partial charge in [-0.15, -0.1) is 0 Å². The SMILES string of the molecule is O=C1N(c2ccc(Br)cc2)Cc2n[nH]c(=O)n21. The molecular formula is C10H7BrN4O2. The molecule has 0 bridgehead atoms. The number of amides is 1. The topological polar surface area (TPSA) is 71.0 Å². The van der Waals surface area contributed by atoms with Gasteiger partial charge in [-0.3, -0.25) is 4.90 Å². The van der Waals surface area contributed by atoms with Gasteiger partial charge in [-0.1, -0.05) is 15.9 Å². The second-order valence-electron chi connectivity index (χ2n) is 3.63. The highest BCUT2D eigenvalue weighted by molar-refractivity contribution is 9.10. The summed E-state index contributed by atoms with van der Waals surface area (Å²) in [5.74, 6) is 0.433. The number of nitrogens with zero attached hydrogens (tertiary/aromatic N) is 3. The van der Waals surface area contributed by atoms with Crippen LogP contribution in [-0.4, -0.2) is 20.8 Å². The van der Waals surface area contributed by atoms with Crippen LogP contribution in [0.5, 0.6) is 0 Å². The second kappa shape index (κ2) is 3.56. The number of anilines is 1. The Balaban J connectivity index is 2.02. The summed E-state index contributed by atoms with van der Waals surface area (Å²) in [6, 6.07) is 6.92. The van der Waals surface area contributed by atoms with Gasteiger partial charge in [0, 0.05) is 10.2 Å². The second-order valence-corrected chi connectivity index (χ2v) is 4.54. The molecule has 1 aromatic heterocycles. The zero-order valence-electron chi connectivity index (χ0n) is 8.55. The van der Waals surface area contributed by atoms with E-state index < -0.39 is 5.69 Å². The predicted octanol–water partition coefficient (Wildman–Crippen LogP) is 1.32. The first-order valence-corrected chi connectivity index (χ1v) is 5.70. The largest absolute Gasteiger partial charge is 0.351 e. The number of benzene rings is 1. The maximum atomic E-state index is 12.0. The minimum Gasteiger partial charge on any atom is -0.286 e. The molecule has 86 valence electrons. The fraction of sp³-hybridized carbons (Fsp3) is 0.100. The molecule has 0 aliphatic carbocycles. The minimum absolute atomic E-state index is 0.305. The smallest absolute Gasteiger partial charge is 0.286 e. The number of carbonyl (C=O) groups excluding carboxylic acids is 1. The maximum Gasteiger partial charge on any atom is 0.351 e. The lowest BCUT2D eigenvalue weighted by Gasteiger charge is -2.14. The Morgan fingerprint density at radius 3 is 2.59 bits per heavy atom. The van der Waals surface area contributed by atoms with E-state index in [0.29, 0.717) is 12.4 Å². The van der Waals surface area contributed by atoms with Crippen molar-refractivity contribution in [2.75, 3.05) is 4.90 Å². The molecule has 0 atom stereocenters. The van der Waals surface area contributed by atoms with Crippen molar-refractivity contribution in [2.24, 2.45) is 0 Å². The molecule has 2 heterocycles. The molecular weight excluding hydrogens is 288 g/mol. The van der Waals surface area contributed by atoms with Crippen molar-refractivity contribution >= 4 is 27.6 Å². The number of halogens is 1. The van der Waals surface area contributed by atoms with Gasteiger partial charge in [0.25, 0.3) is 0 Å². The molecule has 6 nitrogen and oxygen atoms in total. The molecule has 0 fully saturated rings. The standard InChI is InChI=1S/C10H7BrN4O2/c11-6-1-3-7(4-2-6)14-5-8-12-13-9(16)15(8)10(14)17/h1-4H,5H2,(H,13,16). The molecule has 1 aliphatic rings. The molecule has 0 unspecified atom stereocenters. The van der Waals surface area contributed by atoms with Crippen molar-refractivity contribution in [1.82, 2.24) is 14.8 Å². The maximum absolute atomic E-state index is 12.0. The zero-order valence-corrected chi connectivity index (χ0v) is 10.1. The van der Waals surface area contributed by atoms with Crippen molar-refractivity contribution < 1.29 is 4.79 Å². The number of carbonyl (C=O) groups is 1. The Hall–Kier alpha value is -1.89. The first-order chi connectivity index (χ1) is 8.16. The van der Waals surface area contributed by atoms with Crippen LogP contribution >= 0.6 is 15.9 Å². The third kappa shape index (κ3) is 1.50. The van der Waals surface area contributed by atoms with Crippen LogP contribution in [0, 0.1) is 0 Å². The highest BCUT2D eigenvalue weighted by atomic mass is 79.9. The van der Waals surface area contributed by atoms with Crippen molar-refractivity contribution in [2.45, 2.75) is 6.54 Å². The van der Waals surface area contributed by atoms with Gasteiger partial charge in [-0.2, -0.15) is 9.67 Å². The Bertz CT molecular complexity index is 643. The normalized spacial score (nSPS) is 14.2. The van der Waals surface area contributed by atoms with Gasteiger partial charge in [0.05, 0.1) is 6.54 Å². The highest BCUT2D eigenvalue weighted by Crippen LogP contribution is 2.23. The number of fused-ring (bicyclic) bond motifs is 1. The lowest BCUT2D eigenvalue weighted by atomic mass is 10.3. The van der Waals surface area contributed by atoms with E-state index in [0.717, 1.165) is 14.7 Å². The van der Waals surface area contributed by atoms with Gasteiger partial charge in [0.1, 0.15) is 0 Å². The van der Waals surface area contributed by atoms with Crippen LogP contribution in [0.1, 0.15) is 5.82 Å². The van der Waals surface area contributed by atoms with E-state index in [1.165, 1.54) is 4.90 Å². The molecule has 0 spiro atoms. The molecule has 2 aromatic rings. The van der Waals surface area contributed by atoms with Crippen LogP contribution in [0.2, 0.25) is 0 Å². The molecule has 1 N–H and O–H groups in total. The number of H-pyrrole nitrogens is 1. The van der Waals surface area contributed by atoms with Crippen LogP contribution in [0.15, 0.2) is 33.5 Å². The van der Waals surface area contributed by atoms with E-state index in [-0.39, 0.29) is 6.03 Å². The molecule has 3 rings (SSSR count). The van der Waals surface area contributed by atoms with Gasteiger partial charge in [0.15, 0.2) is 5.82 Å². The summed E-state index contributed by atoms with van der Waals surface area (Å²) in [4.78, 5) is 24.8. The predicted molar refractivity (Wildman–Crippen MR) is 64.0 cm³/mol. The molecule has 0 radical (unpaired) electrons. The highest BCUT2D eigenvalue weighted by Gasteiger charge is 2.31. The summed E-state index contributed by atoms with van der Waals surface area (Å²) in [5, 5.41) is 6.05. The lowest BCUT2D eigenvalue weighted by molar-refractivity contribution is 0.250. The van der Waals surface area contributed by atoms with Gasteiger partial charge < -0.3 is 0 Å². The number of nitrogens with one attached hydrogen (secondary N) is 1.